The van der Waals surface area contributed by atoms with Crippen LogP contribution in [0.2, 0.25) is 0 Å². The molecule has 7 nitrogen and oxygen atoms in total. The number of fused-ring (bicyclic) bond motifs is 1. The quantitative estimate of drug-likeness (QED) is 0.708. The molecule has 3 heterocycles. The molecule has 0 radical (unpaired) electrons. The first-order valence-electron chi connectivity index (χ1n) is 8.84. The van der Waals surface area contributed by atoms with Gasteiger partial charge >= 0.3 is 0 Å². The van der Waals surface area contributed by atoms with Gasteiger partial charge in [0, 0.05) is 25.1 Å². The van der Waals surface area contributed by atoms with Gasteiger partial charge in [-0.25, -0.2) is 4.98 Å². The Balaban J connectivity index is 1.46. The van der Waals surface area contributed by atoms with Crippen LogP contribution in [0.25, 0.3) is 10.2 Å². The number of anilines is 2. The van der Waals surface area contributed by atoms with Gasteiger partial charge in [-0.2, -0.15) is 0 Å². The molecule has 9 heteroatoms. The number of thiazole rings is 1. The number of rotatable bonds is 5. The van der Waals surface area contributed by atoms with Crippen LogP contribution in [0.5, 0.6) is 0 Å². The van der Waals surface area contributed by atoms with Crippen LogP contribution in [-0.4, -0.2) is 33.5 Å². The zero-order chi connectivity index (χ0) is 19.0. The van der Waals surface area contributed by atoms with E-state index in [1.807, 2.05) is 25.1 Å². The maximum absolute atomic E-state index is 12.6. The van der Waals surface area contributed by atoms with Crippen molar-refractivity contribution in [1.29, 1.82) is 0 Å². The van der Waals surface area contributed by atoms with Crippen LogP contribution in [0.4, 0.5) is 10.8 Å². The number of nitrogens with zero attached hydrogens (tertiary/aromatic N) is 4. The molecule has 2 amide bonds. The van der Waals surface area contributed by atoms with E-state index in [2.05, 4.69) is 27.4 Å². The number of carbonyl (C=O) groups is 2. The van der Waals surface area contributed by atoms with E-state index in [0.717, 1.165) is 38.8 Å². The molecule has 1 atom stereocenters. The SMILES string of the molecule is CCCc1nnc(NC(=O)C2CC(=O)N(c3ccc4sc(C)nc4c3)C2)s1. The maximum atomic E-state index is 12.6. The van der Waals surface area contributed by atoms with E-state index in [4.69, 9.17) is 0 Å². The predicted octanol–water partition coefficient (Wildman–Crippen LogP) is 3.40. The van der Waals surface area contributed by atoms with E-state index in [1.54, 1.807) is 16.2 Å². The fraction of sp³-hybridized carbons (Fsp3) is 0.389. The molecule has 1 aliphatic rings. The Morgan fingerprint density at radius 2 is 2.19 bits per heavy atom. The summed E-state index contributed by atoms with van der Waals surface area (Å²) in [6.45, 7) is 4.40. The van der Waals surface area contributed by atoms with Crippen LogP contribution < -0.4 is 10.2 Å². The first-order chi connectivity index (χ1) is 13.0. The highest BCUT2D eigenvalue weighted by Gasteiger charge is 2.35. The summed E-state index contributed by atoms with van der Waals surface area (Å²) in [6, 6.07) is 5.81. The summed E-state index contributed by atoms with van der Waals surface area (Å²) in [5.74, 6) is -0.634. The Kier molecular flexibility index (Phi) is 4.88. The molecule has 0 saturated carbocycles. The minimum Gasteiger partial charge on any atom is -0.312 e. The molecule has 1 fully saturated rings. The number of aromatic nitrogens is 3. The highest BCUT2D eigenvalue weighted by atomic mass is 32.1. The zero-order valence-corrected chi connectivity index (χ0v) is 16.7. The van der Waals surface area contributed by atoms with E-state index < -0.39 is 5.92 Å². The van der Waals surface area contributed by atoms with Gasteiger partial charge < -0.3 is 10.2 Å². The van der Waals surface area contributed by atoms with E-state index in [-0.39, 0.29) is 18.2 Å². The molecule has 0 bridgehead atoms. The molecule has 3 aromatic rings. The number of aryl methyl sites for hydroxylation is 2. The van der Waals surface area contributed by atoms with Gasteiger partial charge in [0.25, 0.3) is 0 Å². The van der Waals surface area contributed by atoms with Crippen molar-refractivity contribution in [2.45, 2.75) is 33.1 Å². The van der Waals surface area contributed by atoms with Crippen LogP contribution in [0.15, 0.2) is 18.2 Å². The highest BCUT2D eigenvalue weighted by molar-refractivity contribution is 7.18. The van der Waals surface area contributed by atoms with Gasteiger partial charge in [0.15, 0.2) is 0 Å². The van der Waals surface area contributed by atoms with Crippen LogP contribution >= 0.6 is 22.7 Å². The molecular weight excluding hydrogens is 382 g/mol. The van der Waals surface area contributed by atoms with Crippen molar-refractivity contribution in [2.24, 2.45) is 5.92 Å². The molecule has 140 valence electrons. The predicted molar refractivity (Wildman–Crippen MR) is 107 cm³/mol. The van der Waals surface area contributed by atoms with Gasteiger partial charge in [0.05, 0.1) is 21.1 Å². The van der Waals surface area contributed by atoms with Crippen LogP contribution in [0.1, 0.15) is 29.8 Å². The molecule has 4 rings (SSSR count). The standard InChI is InChI=1S/C18H19N5O2S2/c1-3-4-15-21-22-18(27-15)20-17(25)11-7-16(24)23(9-11)12-5-6-14-13(8-12)19-10(2)26-14/h5-6,8,11H,3-4,7,9H2,1-2H3,(H,20,22,25). The molecule has 27 heavy (non-hydrogen) atoms. The van der Waals surface area contributed by atoms with Gasteiger partial charge in [-0.3, -0.25) is 9.59 Å². The largest absolute Gasteiger partial charge is 0.312 e. The number of hydrogen-bond donors (Lipinski definition) is 1. The van der Waals surface area contributed by atoms with Gasteiger partial charge in [0.2, 0.25) is 16.9 Å². The minimum atomic E-state index is -0.399. The highest BCUT2D eigenvalue weighted by Crippen LogP contribution is 2.30. The third-order valence-corrected chi connectivity index (χ3v) is 6.30. The molecule has 1 N–H and O–H groups in total. The normalized spacial score (nSPS) is 17.0. The summed E-state index contributed by atoms with van der Waals surface area (Å²) in [6.07, 6.45) is 2.03. The number of nitrogens with one attached hydrogen (secondary N) is 1. The zero-order valence-electron chi connectivity index (χ0n) is 15.1. The Labute approximate surface area is 164 Å². The third-order valence-electron chi connectivity index (χ3n) is 4.45. The minimum absolute atomic E-state index is 0.0506. The monoisotopic (exact) mass is 401 g/mol. The van der Waals surface area contributed by atoms with Crippen molar-refractivity contribution in [3.63, 3.8) is 0 Å². The fourth-order valence-electron chi connectivity index (χ4n) is 3.16. The summed E-state index contributed by atoms with van der Waals surface area (Å²) in [7, 11) is 0. The number of benzene rings is 1. The lowest BCUT2D eigenvalue weighted by Gasteiger charge is -2.16. The lowest BCUT2D eigenvalue weighted by atomic mass is 10.1. The van der Waals surface area contributed by atoms with Crippen LogP contribution in [-0.2, 0) is 16.0 Å². The van der Waals surface area contributed by atoms with Crippen LogP contribution in [0, 0.1) is 12.8 Å². The first-order valence-corrected chi connectivity index (χ1v) is 10.5. The Morgan fingerprint density at radius 1 is 1.33 bits per heavy atom. The van der Waals surface area contributed by atoms with Crippen molar-refractivity contribution in [1.82, 2.24) is 15.2 Å². The Morgan fingerprint density at radius 3 is 3.00 bits per heavy atom. The second kappa shape index (κ2) is 7.32. The lowest BCUT2D eigenvalue weighted by molar-refractivity contribution is -0.122. The van der Waals surface area contributed by atoms with E-state index in [1.165, 1.54) is 11.3 Å². The van der Waals surface area contributed by atoms with Gasteiger partial charge in [-0.15, -0.1) is 21.5 Å². The first kappa shape index (κ1) is 18.0. The molecule has 0 spiro atoms. The van der Waals surface area contributed by atoms with Gasteiger partial charge in [0.1, 0.15) is 5.01 Å². The second-order valence-electron chi connectivity index (χ2n) is 6.53. The molecule has 0 aliphatic carbocycles. The molecular formula is C18H19N5O2S2. The molecule has 1 saturated heterocycles. The van der Waals surface area contributed by atoms with Crippen molar-refractivity contribution >= 4 is 55.5 Å². The fourth-order valence-corrected chi connectivity index (χ4v) is 4.81. The van der Waals surface area contributed by atoms with Crippen molar-refractivity contribution in [3.05, 3.63) is 28.2 Å². The average molecular weight is 402 g/mol. The van der Waals surface area contributed by atoms with E-state index >= 15 is 0 Å². The average Bonchev–Trinajstić information content (AvgIpc) is 3.32. The van der Waals surface area contributed by atoms with Crippen molar-refractivity contribution < 1.29 is 9.59 Å². The van der Waals surface area contributed by atoms with Crippen molar-refractivity contribution in [2.75, 3.05) is 16.8 Å². The maximum Gasteiger partial charge on any atom is 0.231 e. The summed E-state index contributed by atoms with van der Waals surface area (Å²) < 4.78 is 1.09. The Bertz CT molecular complexity index is 1010. The van der Waals surface area contributed by atoms with Gasteiger partial charge in [-0.1, -0.05) is 18.3 Å². The molecule has 1 aromatic carbocycles. The summed E-state index contributed by atoms with van der Waals surface area (Å²) >= 11 is 3.01. The van der Waals surface area contributed by atoms with E-state index in [0.29, 0.717) is 11.7 Å². The topological polar surface area (TPSA) is 88.1 Å². The summed E-state index contributed by atoms with van der Waals surface area (Å²) in [4.78, 5) is 31.2. The van der Waals surface area contributed by atoms with Crippen LogP contribution in [0.3, 0.4) is 0 Å². The smallest absolute Gasteiger partial charge is 0.231 e. The Hall–Kier alpha value is -2.39. The number of hydrogen-bond acceptors (Lipinski definition) is 7. The second-order valence-corrected chi connectivity index (χ2v) is 8.83. The third kappa shape index (κ3) is 3.70. The number of carbonyl (C=O) groups excluding carboxylic acids is 2. The van der Waals surface area contributed by atoms with Crippen molar-refractivity contribution in [3.8, 4) is 0 Å². The molecule has 1 aliphatic heterocycles. The number of amides is 2. The summed E-state index contributed by atoms with van der Waals surface area (Å²) in [5.41, 5.74) is 1.67. The molecule has 1 unspecified atom stereocenters. The van der Waals surface area contributed by atoms with E-state index in [9.17, 15) is 9.59 Å². The van der Waals surface area contributed by atoms with Gasteiger partial charge in [-0.05, 0) is 31.5 Å². The molecule has 2 aromatic heterocycles. The summed E-state index contributed by atoms with van der Waals surface area (Å²) in [5, 5.41) is 13.3. The lowest BCUT2D eigenvalue weighted by Crippen LogP contribution is -2.28.